The van der Waals surface area contributed by atoms with E-state index in [0.717, 1.165) is 25.9 Å². The van der Waals surface area contributed by atoms with Gasteiger partial charge in [0.2, 0.25) is 0 Å². The number of likely N-dealkylation sites (tertiary alicyclic amines) is 1. The summed E-state index contributed by atoms with van der Waals surface area (Å²) in [7, 11) is 8.52. The van der Waals surface area contributed by atoms with Gasteiger partial charge in [0.25, 0.3) is 0 Å². The standard InChI is InChI=1S/C35H49NO9/c1-8-36-17-32(18-40-3)14-13-23(42-5)35-22-15-33(39)24(43-6)16-34(45-19(2)37,27(31(35)36)29(44-7)30(32)35)25(22)26(33)28(38)20-9-11-21(41-4)12-10-20/h9-12,22-27,29-31,39H,8,13-18H2,1-7H3/t22-,23?,24+,25-,26+,27?,29?,30-,31?,32+,33+,34-,35?/m1/s1. The highest BCUT2D eigenvalue weighted by Crippen LogP contribution is 2.81. The van der Waals surface area contributed by atoms with Crippen LogP contribution in [0.1, 0.15) is 49.9 Å². The van der Waals surface area contributed by atoms with E-state index in [1.165, 1.54) is 6.92 Å². The van der Waals surface area contributed by atoms with E-state index in [0.29, 0.717) is 30.8 Å². The third kappa shape index (κ3) is 3.72. The minimum atomic E-state index is -1.46. The smallest absolute Gasteiger partial charge is 0.303 e. The third-order valence-corrected chi connectivity index (χ3v) is 13.5. The molecular formula is C35H49NO9. The minimum absolute atomic E-state index is 0.0227. The number of rotatable bonds is 10. The zero-order valence-corrected chi connectivity index (χ0v) is 27.6. The Bertz CT molecular complexity index is 1340. The van der Waals surface area contributed by atoms with Crippen molar-refractivity contribution < 1.29 is 43.1 Å². The van der Waals surface area contributed by atoms with E-state index in [-0.39, 0.29) is 47.2 Å². The molecule has 7 bridgehead atoms. The van der Waals surface area contributed by atoms with Gasteiger partial charge in [-0.1, -0.05) is 6.92 Å². The number of ketones is 1. The number of piperidine rings is 1. The fourth-order valence-electron chi connectivity index (χ4n) is 12.7. The second-order valence-electron chi connectivity index (χ2n) is 14.6. The topological polar surface area (TPSA) is 113 Å². The van der Waals surface area contributed by atoms with Gasteiger partial charge in [-0.3, -0.25) is 14.5 Å². The molecule has 1 spiro atoms. The molecule has 0 aromatic heterocycles. The first-order valence-electron chi connectivity index (χ1n) is 16.5. The fraction of sp³-hybridized carbons (Fsp3) is 0.771. The van der Waals surface area contributed by atoms with Crippen LogP contribution in [0.25, 0.3) is 0 Å². The number of hydrogen-bond acceptors (Lipinski definition) is 10. The Labute approximate surface area is 266 Å². The maximum absolute atomic E-state index is 14.8. The zero-order valence-electron chi connectivity index (χ0n) is 27.6. The number of fused-ring (bicyclic) bond motifs is 2. The van der Waals surface area contributed by atoms with Gasteiger partial charge in [-0.2, -0.15) is 0 Å². The van der Waals surface area contributed by atoms with E-state index in [9.17, 15) is 14.7 Å². The Morgan fingerprint density at radius 1 is 0.978 bits per heavy atom. The summed E-state index contributed by atoms with van der Waals surface area (Å²) in [6, 6.07) is 7.02. The van der Waals surface area contributed by atoms with Crippen LogP contribution in [-0.4, -0.2) is 113 Å². The maximum atomic E-state index is 14.8. The van der Waals surface area contributed by atoms with Gasteiger partial charge in [-0.05, 0) is 56.0 Å². The van der Waals surface area contributed by atoms with Crippen molar-refractivity contribution in [3.05, 3.63) is 29.8 Å². The molecule has 45 heavy (non-hydrogen) atoms. The summed E-state index contributed by atoms with van der Waals surface area (Å²) in [5, 5.41) is 12.9. The molecule has 5 saturated carbocycles. The van der Waals surface area contributed by atoms with Crippen LogP contribution < -0.4 is 4.74 Å². The van der Waals surface area contributed by atoms with E-state index in [1.54, 1.807) is 59.8 Å². The summed E-state index contributed by atoms with van der Waals surface area (Å²) in [6.45, 7) is 5.86. The Morgan fingerprint density at radius 2 is 1.69 bits per heavy atom. The van der Waals surface area contributed by atoms with Gasteiger partial charge in [0, 0.05) is 88.5 Å². The van der Waals surface area contributed by atoms with Crippen LogP contribution in [0.3, 0.4) is 0 Å². The molecule has 1 aliphatic heterocycles. The SMILES string of the molecule is CCN1C[C@]2(COC)CCC(OC)C34C1C(C(OC)[C@@H]32)[C@@]1(OC(C)=O)C[C@H](OC)[C@@]2(O)C[C@@H]4[C@@H]1[C@H]2C(=O)c1ccc(OC)cc1. The van der Waals surface area contributed by atoms with Crippen LogP contribution in [0.5, 0.6) is 5.75 Å². The predicted molar refractivity (Wildman–Crippen MR) is 163 cm³/mol. The molecule has 1 saturated heterocycles. The second-order valence-corrected chi connectivity index (χ2v) is 14.6. The van der Waals surface area contributed by atoms with Gasteiger partial charge in [0.1, 0.15) is 17.0 Å². The van der Waals surface area contributed by atoms with Crippen molar-refractivity contribution in [3.63, 3.8) is 0 Å². The molecule has 1 heterocycles. The Kier molecular flexibility index (Phi) is 7.51. The number of methoxy groups -OCH3 is 5. The van der Waals surface area contributed by atoms with E-state index >= 15 is 0 Å². The van der Waals surface area contributed by atoms with E-state index < -0.39 is 40.5 Å². The lowest BCUT2D eigenvalue weighted by Gasteiger charge is -2.69. The number of aliphatic hydroxyl groups is 1. The van der Waals surface area contributed by atoms with E-state index in [4.69, 9.17) is 28.4 Å². The van der Waals surface area contributed by atoms with Crippen LogP contribution in [-0.2, 0) is 28.5 Å². The van der Waals surface area contributed by atoms with Crippen LogP contribution in [0.4, 0.5) is 0 Å². The van der Waals surface area contributed by atoms with Gasteiger partial charge in [-0.25, -0.2) is 0 Å². The van der Waals surface area contributed by atoms with Gasteiger partial charge in [-0.15, -0.1) is 0 Å². The van der Waals surface area contributed by atoms with E-state index in [2.05, 4.69) is 11.8 Å². The molecule has 10 heteroatoms. The monoisotopic (exact) mass is 627 g/mol. The molecule has 10 nitrogen and oxygen atoms in total. The molecule has 0 radical (unpaired) electrons. The number of esters is 1. The van der Waals surface area contributed by atoms with Crippen molar-refractivity contribution in [3.8, 4) is 5.75 Å². The summed E-state index contributed by atoms with van der Waals surface area (Å²) in [4.78, 5) is 30.7. The van der Waals surface area contributed by atoms with Gasteiger partial charge in [0.05, 0.1) is 37.9 Å². The fourth-order valence-corrected chi connectivity index (χ4v) is 12.7. The Balaban J connectivity index is 1.52. The molecule has 5 unspecified atom stereocenters. The number of carbonyl (C=O) groups excluding carboxylic acids is 2. The van der Waals surface area contributed by atoms with Crippen molar-refractivity contribution in [2.75, 3.05) is 55.2 Å². The Hall–Kier alpha value is -2.08. The largest absolute Gasteiger partial charge is 0.497 e. The van der Waals surface area contributed by atoms with Crippen molar-refractivity contribution in [1.82, 2.24) is 4.90 Å². The van der Waals surface area contributed by atoms with Gasteiger partial charge in [0.15, 0.2) is 5.78 Å². The predicted octanol–water partition coefficient (Wildman–Crippen LogP) is 2.99. The number of ether oxygens (including phenoxy) is 6. The van der Waals surface area contributed by atoms with Crippen molar-refractivity contribution >= 4 is 11.8 Å². The lowest BCUT2D eigenvalue weighted by Crippen LogP contribution is -2.77. The average Bonchev–Trinajstić information content (AvgIpc) is 3.43. The van der Waals surface area contributed by atoms with Crippen LogP contribution in [0, 0.1) is 40.4 Å². The number of Topliss-reactive ketones (excluding diaryl/α,β-unsaturated/α-hetero) is 1. The number of nitrogens with zero attached hydrogens (tertiary/aromatic N) is 1. The van der Waals surface area contributed by atoms with Crippen LogP contribution in [0.2, 0.25) is 0 Å². The van der Waals surface area contributed by atoms with Gasteiger partial charge < -0.3 is 33.5 Å². The first-order valence-corrected chi connectivity index (χ1v) is 16.5. The summed E-state index contributed by atoms with van der Waals surface area (Å²) in [5.74, 6) is -1.66. The molecule has 248 valence electrons. The highest BCUT2D eigenvalue weighted by Gasteiger charge is 2.89. The highest BCUT2D eigenvalue weighted by molar-refractivity contribution is 5.99. The van der Waals surface area contributed by atoms with Crippen LogP contribution in [0.15, 0.2) is 24.3 Å². The Morgan fingerprint density at radius 3 is 2.27 bits per heavy atom. The van der Waals surface area contributed by atoms with Crippen molar-refractivity contribution in [1.29, 1.82) is 0 Å². The summed E-state index contributed by atoms with van der Waals surface area (Å²) >= 11 is 0. The molecule has 7 rings (SSSR count). The lowest BCUT2D eigenvalue weighted by molar-refractivity contribution is -0.277. The molecular weight excluding hydrogens is 578 g/mol. The van der Waals surface area contributed by atoms with Crippen molar-refractivity contribution in [2.24, 2.45) is 40.4 Å². The summed E-state index contributed by atoms with van der Waals surface area (Å²) in [5.41, 5.74) is -2.76. The summed E-state index contributed by atoms with van der Waals surface area (Å²) < 4.78 is 37.3. The molecule has 1 aromatic rings. The van der Waals surface area contributed by atoms with Crippen molar-refractivity contribution in [2.45, 2.75) is 75.1 Å². The molecule has 13 atom stereocenters. The minimum Gasteiger partial charge on any atom is -0.497 e. The van der Waals surface area contributed by atoms with Crippen LogP contribution >= 0.6 is 0 Å². The van der Waals surface area contributed by atoms with E-state index in [1.807, 2.05) is 0 Å². The maximum Gasteiger partial charge on any atom is 0.303 e. The lowest BCUT2D eigenvalue weighted by atomic mass is 9.42. The second kappa shape index (κ2) is 10.7. The number of hydrogen-bond donors (Lipinski definition) is 1. The molecule has 6 aliphatic rings. The number of benzene rings is 1. The molecule has 6 fully saturated rings. The number of carbonyl (C=O) groups is 2. The van der Waals surface area contributed by atoms with Gasteiger partial charge >= 0.3 is 5.97 Å². The first-order chi connectivity index (χ1) is 21.6. The molecule has 0 amide bonds. The molecule has 1 N–H and O–H groups in total. The highest BCUT2D eigenvalue weighted by atomic mass is 16.6. The zero-order chi connectivity index (χ0) is 32.1. The quantitative estimate of drug-likeness (QED) is 0.307. The summed E-state index contributed by atoms with van der Waals surface area (Å²) in [6.07, 6.45) is 1.28. The first kappa shape index (κ1) is 31.5. The normalized spacial score (nSPS) is 47.4. The average molecular weight is 628 g/mol. The molecule has 1 aromatic carbocycles. The molecule has 5 aliphatic carbocycles. The third-order valence-electron chi connectivity index (χ3n) is 13.5.